The number of nitrogens with one attached hydrogen (secondary N) is 1. The molecular formula is C15H13NO2. The molecule has 3 rings (SSSR count). The Kier molecular flexibility index (Phi) is 2.52. The molecule has 1 heterocycles. The van der Waals surface area contributed by atoms with Gasteiger partial charge in [-0.1, -0.05) is 24.3 Å². The molecule has 1 aromatic heterocycles. The van der Waals surface area contributed by atoms with Crippen molar-refractivity contribution in [2.45, 2.75) is 6.92 Å². The summed E-state index contributed by atoms with van der Waals surface area (Å²) in [5.41, 5.74) is 1.67. The van der Waals surface area contributed by atoms with E-state index in [-0.39, 0.29) is 5.97 Å². The van der Waals surface area contributed by atoms with Crippen LogP contribution in [0.5, 0.6) is 0 Å². The lowest BCUT2D eigenvalue weighted by Gasteiger charge is -2.06. The average Bonchev–Trinajstić information content (AvgIpc) is 2.86. The lowest BCUT2D eigenvalue weighted by Crippen LogP contribution is -2.05. The van der Waals surface area contributed by atoms with Crippen molar-refractivity contribution in [3.8, 4) is 0 Å². The lowest BCUT2D eigenvalue weighted by molar-refractivity contribution is 0.0528. The van der Waals surface area contributed by atoms with Gasteiger partial charge >= 0.3 is 5.97 Å². The Bertz CT molecular complexity index is 728. The molecule has 0 radical (unpaired) electrons. The van der Waals surface area contributed by atoms with E-state index in [1.54, 1.807) is 6.07 Å². The van der Waals surface area contributed by atoms with E-state index >= 15 is 0 Å². The molecule has 0 saturated heterocycles. The standard InChI is InChI=1S/C15H13NO2/c1-2-18-15(17)13-5-3-4-12-11(13)7-6-10-8-9-16-14(10)12/h3-9,16H,2H2,1H3. The number of rotatable bonds is 2. The molecule has 0 bridgehead atoms. The van der Waals surface area contributed by atoms with Gasteiger partial charge in [0.1, 0.15) is 0 Å². The van der Waals surface area contributed by atoms with E-state index in [0.717, 1.165) is 21.7 Å². The molecule has 90 valence electrons. The number of carbonyl (C=O) groups excluding carboxylic acids is 1. The van der Waals surface area contributed by atoms with Gasteiger partial charge in [0.2, 0.25) is 0 Å². The van der Waals surface area contributed by atoms with Crippen molar-refractivity contribution in [1.82, 2.24) is 4.98 Å². The van der Waals surface area contributed by atoms with Crippen LogP contribution in [0.3, 0.4) is 0 Å². The number of carbonyl (C=O) groups is 1. The van der Waals surface area contributed by atoms with Crippen LogP contribution in [0, 0.1) is 0 Å². The monoisotopic (exact) mass is 239 g/mol. The van der Waals surface area contributed by atoms with Crippen LogP contribution in [0.2, 0.25) is 0 Å². The predicted molar refractivity (Wildman–Crippen MR) is 71.8 cm³/mol. The molecule has 0 unspecified atom stereocenters. The third-order valence-corrected chi connectivity index (χ3v) is 3.08. The van der Waals surface area contributed by atoms with Gasteiger partial charge in [0, 0.05) is 17.0 Å². The van der Waals surface area contributed by atoms with Crippen LogP contribution < -0.4 is 0 Å². The molecule has 0 amide bonds. The van der Waals surface area contributed by atoms with Gasteiger partial charge in [0.25, 0.3) is 0 Å². The number of aromatic nitrogens is 1. The van der Waals surface area contributed by atoms with Crippen molar-refractivity contribution >= 4 is 27.6 Å². The second-order valence-electron chi connectivity index (χ2n) is 4.13. The minimum Gasteiger partial charge on any atom is -0.462 e. The molecule has 0 aliphatic carbocycles. The van der Waals surface area contributed by atoms with Crippen molar-refractivity contribution in [3.63, 3.8) is 0 Å². The first-order valence-corrected chi connectivity index (χ1v) is 5.97. The van der Waals surface area contributed by atoms with E-state index in [9.17, 15) is 4.79 Å². The van der Waals surface area contributed by atoms with Gasteiger partial charge in [-0.05, 0) is 24.4 Å². The summed E-state index contributed by atoms with van der Waals surface area (Å²) in [6.07, 6.45) is 1.90. The van der Waals surface area contributed by atoms with E-state index in [1.807, 2.05) is 43.5 Å². The summed E-state index contributed by atoms with van der Waals surface area (Å²) in [7, 11) is 0. The first kappa shape index (κ1) is 10.8. The Hall–Kier alpha value is -2.29. The largest absolute Gasteiger partial charge is 0.462 e. The fourth-order valence-corrected chi connectivity index (χ4v) is 2.28. The van der Waals surface area contributed by atoms with Gasteiger partial charge in [0.15, 0.2) is 0 Å². The number of ether oxygens (including phenoxy) is 1. The van der Waals surface area contributed by atoms with Gasteiger partial charge in [-0.15, -0.1) is 0 Å². The lowest BCUT2D eigenvalue weighted by atomic mass is 10.0. The van der Waals surface area contributed by atoms with Crippen LogP contribution in [0.1, 0.15) is 17.3 Å². The highest BCUT2D eigenvalue weighted by molar-refractivity contribution is 6.12. The molecule has 2 aromatic carbocycles. The van der Waals surface area contributed by atoms with Gasteiger partial charge < -0.3 is 9.72 Å². The topological polar surface area (TPSA) is 42.1 Å². The number of hydrogen-bond donors (Lipinski definition) is 1. The van der Waals surface area contributed by atoms with Crippen molar-refractivity contribution in [1.29, 1.82) is 0 Å². The highest BCUT2D eigenvalue weighted by atomic mass is 16.5. The fourth-order valence-electron chi connectivity index (χ4n) is 2.28. The summed E-state index contributed by atoms with van der Waals surface area (Å²) in [5.74, 6) is -0.269. The van der Waals surface area contributed by atoms with Gasteiger partial charge in [-0.25, -0.2) is 4.79 Å². The first-order valence-electron chi connectivity index (χ1n) is 5.97. The maximum absolute atomic E-state index is 11.9. The second kappa shape index (κ2) is 4.18. The van der Waals surface area contributed by atoms with Gasteiger partial charge in [-0.3, -0.25) is 0 Å². The Labute approximate surface area is 104 Å². The molecule has 0 aliphatic heterocycles. The molecule has 3 aromatic rings. The molecule has 0 fully saturated rings. The molecule has 18 heavy (non-hydrogen) atoms. The van der Waals surface area contributed by atoms with Gasteiger partial charge in [-0.2, -0.15) is 0 Å². The summed E-state index contributed by atoms with van der Waals surface area (Å²) in [6, 6.07) is 11.7. The molecule has 3 heteroatoms. The summed E-state index contributed by atoms with van der Waals surface area (Å²) >= 11 is 0. The highest BCUT2D eigenvalue weighted by Crippen LogP contribution is 2.27. The number of esters is 1. The summed E-state index contributed by atoms with van der Waals surface area (Å²) in [6.45, 7) is 2.20. The smallest absolute Gasteiger partial charge is 0.338 e. The third-order valence-electron chi connectivity index (χ3n) is 3.08. The van der Waals surface area contributed by atoms with Crippen LogP contribution in [0.4, 0.5) is 0 Å². The maximum Gasteiger partial charge on any atom is 0.338 e. The number of H-pyrrole nitrogens is 1. The van der Waals surface area contributed by atoms with Crippen molar-refractivity contribution in [2.24, 2.45) is 0 Å². The minimum atomic E-state index is -0.269. The number of fused-ring (bicyclic) bond motifs is 3. The van der Waals surface area contributed by atoms with Crippen molar-refractivity contribution in [3.05, 3.63) is 48.2 Å². The van der Waals surface area contributed by atoms with Crippen LogP contribution in [0.15, 0.2) is 42.6 Å². The molecular weight excluding hydrogens is 226 g/mol. The summed E-state index contributed by atoms with van der Waals surface area (Å²) < 4.78 is 5.08. The van der Waals surface area contributed by atoms with E-state index in [0.29, 0.717) is 12.2 Å². The zero-order chi connectivity index (χ0) is 12.5. The van der Waals surface area contributed by atoms with E-state index in [4.69, 9.17) is 4.74 Å². The Morgan fingerprint density at radius 1 is 1.17 bits per heavy atom. The van der Waals surface area contributed by atoms with Crippen LogP contribution in [-0.2, 0) is 4.74 Å². The number of hydrogen-bond acceptors (Lipinski definition) is 2. The SMILES string of the molecule is CCOC(=O)c1cccc2c1ccc1cc[nH]c12. The average molecular weight is 239 g/mol. The van der Waals surface area contributed by atoms with E-state index in [2.05, 4.69) is 4.98 Å². The molecule has 1 N–H and O–H groups in total. The van der Waals surface area contributed by atoms with Gasteiger partial charge in [0.05, 0.1) is 17.7 Å². The number of aromatic amines is 1. The number of benzene rings is 2. The maximum atomic E-state index is 11.9. The molecule has 0 saturated carbocycles. The fraction of sp³-hybridized carbons (Fsp3) is 0.133. The molecule has 0 aliphatic rings. The molecule has 0 atom stereocenters. The third kappa shape index (κ3) is 1.56. The van der Waals surface area contributed by atoms with Crippen molar-refractivity contribution < 1.29 is 9.53 Å². The van der Waals surface area contributed by atoms with E-state index < -0.39 is 0 Å². The van der Waals surface area contributed by atoms with E-state index in [1.165, 1.54) is 0 Å². The quantitative estimate of drug-likeness (QED) is 0.695. The zero-order valence-electron chi connectivity index (χ0n) is 10.1. The Morgan fingerprint density at radius 2 is 2.06 bits per heavy atom. The second-order valence-corrected chi connectivity index (χ2v) is 4.13. The van der Waals surface area contributed by atoms with Crippen LogP contribution >= 0.6 is 0 Å². The Morgan fingerprint density at radius 3 is 2.89 bits per heavy atom. The molecule has 0 spiro atoms. The summed E-state index contributed by atoms with van der Waals surface area (Å²) in [5, 5.41) is 3.11. The first-order chi connectivity index (χ1) is 8.81. The Balaban J connectivity index is 2.30. The zero-order valence-corrected chi connectivity index (χ0v) is 10.1. The summed E-state index contributed by atoms with van der Waals surface area (Å²) in [4.78, 5) is 15.1. The highest BCUT2D eigenvalue weighted by Gasteiger charge is 2.12. The normalized spacial score (nSPS) is 10.9. The van der Waals surface area contributed by atoms with Crippen LogP contribution in [0.25, 0.3) is 21.7 Å². The molecule has 3 nitrogen and oxygen atoms in total. The minimum absolute atomic E-state index is 0.269. The van der Waals surface area contributed by atoms with Crippen LogP contribution in [-0.4, -0.2) is 17.6 Å². The predicted octanol–water partition coefficient (Wildman–Crippen LogP) is 3.50. The van der Waals surface area contributed by atoms with Crippen molar-refractivity contribution in [2.75, 3.05) is 6.61 Å².